The summed E-state index contributed by atoms with van der Waals surface area (Å²) in [5.41, 5.74) is 1.68. The zero-order valence-corrected chi connectivity index (χ0v) is 22.2. The number of thioether (sulfide) groups is 1. The van der Waals surface area contributed by atoms with Gasteiger partial charge in [0.1, 0.15) is 11.5 Å². The van der Waals surface area contributed by atoms with Crippen LogP contribution in [0.5, 0.6) is 0 Å². The fourth-order valence-electron chi connectivity index (χ4n) is 3.51. The molecule has 9 nitrogen and oxygen atoms in total. The molecule has 0 atom stereocenters. The van der Waals surface area contributed by atoms with Gasteiger partial charge < -0.3 is 16.0 Å². The molecule has 0 aliphatic heterocycles. The van der Waals surface area contributed by atoms with E-state index in [4.69, 9.17) is 0 Å². The summed E-state index contributed by atoms with van der Waals surface area (Å²) in [7, 11) is 0. The van der Waals surface area contributed by atoms with E-state index in [0.717, 1.165) is 4.90 Å². The molecular weight excluding hydrogens is 547 g/mol. The third-order valence-corrected chi connectivity index (χ3v) is 6.57. The summed E-state index contributed by atoms with van der Waals surface area (Å²) < 4.78 is 13.4. The van der Waals surface area contributed by atoms with Crippen LogP contribution in [-0.4, -0.2) is 28.4 Å². The lowest BCUT2D eigenvalue weighted by Crippen LogP contribution is -2.30. The van der Waals surface area contributed by atoms with Crippen molar-refractivity contribution in [3.05, 3.63) is 136 Å². The van der Waals surface area contributed by atoms with E-state index in [2.05, 4.69) is 16.0 Å². The van der Waals surface area contributed by atoms with Gasteiger partial charge in [0, 0.05) is 34.0 Å². The lowest BCUT2D eigenvalue weighted by molar-refractivity contribution is -0.384. The number of non-ortho nitro benzene ring substituents is 1. The second kappa shape index (κ2) is 13.7. The van der Waals surface area contributed by atoms with Gasteiger partial charge in [0.15, 0.2) is 0 Å². The van der Waals surface area contributed by atoms with Crippen molar-refractivity contribution < 1.29 is 23.7 Å². The van der Waals surface area contributed by atoms with Gasteiger partial charge in [-0.25, -0.2) is 4.39 Å². The first-order valence-corrected chi connectivity index (χ1v) is 13.2. The minimum Gasteiger partial charge on any atom is -0.325 e. The van der Waals surface area contributed by atoms with Crippen LogP contribution in [0.15, 0.2) is 114 Å². The molecule has 0 spiro atoms. The first kappa shape index (κ1) is 28.7. The molecule has 0 aromatic heterocycles. The number of nitro benzene ring substituents is 1. The third-order valence-electron chi connectivity index (χ3n) is 5.55. The number of nitrogens with zero attached hydrogens (tertiary/aromatic N) is 1. The van der Waals surface area contributed by atoms with Crippen LogP contribution in [0.2, 0.25) is 0 Å². The molecule has 0 saturated carbocycles. The van der Waals surface area contributed by atoms with Gasteiger partial charge >= 0.3 is 0 Å². The average molecular weight is 571 g/mol. The maximum atomic E-state index is 13.4. The topological polar surface area (TPSA) is 130 Å². The lowest BCUT2D eigenvalue weighted by Gasteiger charge is -2.12. The summed E-state index contributed by atoms with van der Waals surface area (Å²) in [6, 6.07) is 26.2. The summed E-state index contributed by atoms with van der Waals surface area (Å²) in [5, 5.41) is 18.8. The third kappa shape index (κ3) is 8.60. The van der Waals surface area contributed by atoms with Gasteiger partial charge in [-0.05, 0) is 72.3 Å². The Labute approximate surface area is 238 Å². The number of amides is 3. The number of carbonyl (C=O) groups is 3. The number of halogens is 1. The number of rotatable bonds is 10. The minimum atomic E-state index is -0.582. The number of benzene rings is 4. The first-order chi connectivity index (χ1) is 19.8. The van der Waals surface area contributed by atoms with Crippen LogP contribution in [0, 0.1) is 15.9 Å². The molecule has 0 saturated heterocycles. The summed E-state index contributed by atoms with van der Waals surface area (Å²) in [4.78, 5) is 49.1. The maximum absolute atomic E-state index is 13.4. The number of carbonyl (C=O) groups excluding carboxylic acids is 3. The highest BCUT2D eigenvalue weighted by molar-refractivity contribution is 8.00. The van der Waals surface area contributed by atoms with Gasteiger partial charge in [-0.2, -0.15) is 0 Å². The Bertz CT molecular complexity index is 1580. The van der Waals surface area contributed by atoms with E-state index in [1.54, 1.807) is 54.6 Å². The molecular formula is C30H23FN4O5S. The normalized spacial score (nSPS) is 10.9. The highest BCUT2D eigenvalue weighted by Crippen LogP contribution is 2.22. The smallest absolute Gasteiger partial charge is 0.272 e. The van der Waals surface area contributed by atoms with E-state index >= 15 is 0 Å². The predicted octanol–water partition coefficient (Wildman–Crippen LogP) is 5.87. The van der Waals surface area contributed by atoms with Crippen LogP contribution in [0.3, 0.4) is 0 Å². The van der Waals surface area contributed by atoms with Crippen LogP contribution in [-0.2, 0) is 9.59 Å². The van der Waals surface area contributed by atoms with Gasteiger partial charge in [0.05, 0.1) is 10.7 Å². The van der Waals surface area contributed by atoms with Crippen LogP contribution < -0.4 is 16.0 Å². The first-order valence-electron chi connectivity index (χ1n) is 12.2. The molecule has 3 N–H and O–H groups in total. The molecule has 0 unspecified atom stereocenters. The summed E-state index contributed by atoms with van der Waals surface area (Å²) in [6.45, 7) is 0. The zero-order valence-electron chi connectivity index (χ0n) is 21.4. The van der Waals surface area contributed by atoms with Crippen LogP contribution in [0.4, 0.5) is 21.5 Å². The zero-order chi connectivity index (χ0) is 29.2. The highest BCUT2D eigenvalue weighted by Gasteiger charge is 2.15. The van der Waals surface area contributed by atoms with Crippen molar-refractivity contribution in [2.75, 3.05) is 16.4 Å². The van der Waals surface area contributed by atoms with E-state index in [1.807, 2.05) is 0 Å². The maximum Gasteiger partial charge on any atom is 0.272 e. The standard InChI is InChI=1S/C30H23FN4O5S/c31-22-8-6-20(7-9-22)18-27(34-29(37)21-4-2-1-3-5-21)30(38)33-24-12-16-26(17-13-24)41-19-28(36)32-23-10-14-25(15-11-23)35(39)40/h1-18H,19H2,(H,32,36)(H,33,38)(H,34,37)/b27-18-. The fraction of sp³-hybridized carbons (Fsp3) is 0.0333. The van der Waals surface area contributed by atoms with E-state index in [0.29, 0.717) is 22.5 Å². The molecule has 41 heavy (non-hydrogen) atoms. The molecule has 0 bridgehead atoms. The van der Waals surface area contributed by atoms with E-state index in [9.17, 15) is 28.9 Å². The molecule has 3 amide bonds. The number of nitro groups is 1. The highest BCUT2D eigenvalue weighted by atomic mass is 32.2. The number of hydrogen-bond acceptors (Lipinski definition) is 6. The van der Waals surface area contributed by atoms with Crippen molar-refractivity contribution in [1.29, 1.82) is 0 Å². The van der Waals surface area contributed by atoms with Gasteiger partial charge in [-0.1, -0.05) is 30.3 Å². The Balaban J connectivity index is 1.37. The Kier molecular flexibility index (Phi) is 9.57. The number of anilines is 2. The molecule has 206 valence electrons. The van der Waals surface area contributed by atoms with E-state index in [1.165, 1.54) is 66.4 Å². The summed E-state index contributed by atoms with van der Waals surface area (Å²) >= 11 is 1.27. The van der Waals surface area contributed by atoms with Crippen molar-refractivity contribution >= 4 is 52.6 Å². The molecule has 0 heterocycles. The number of nitrogens with one attached hydrogen (secondary N) is 3. The summed E-state index contributed by atoms with van der Waals surface area (Å²) in [5.74, 6) is -1.68. The second-order valence-corrected chi connectivity index (χ2v) is 9.60. The van der Waals surface area contributed by atoms with E-state index in [-0.39, 0.29) is 23.0 Å². The van der Waals surface area contributed by atoms with Crippen molar-refractivity contribution in [2.45, 2.75) is 4.90 Å². The minimum absolute atomic E-state index is 0.0353. The molecule has 4 rings (SSSR count). The molecule has 0 radical (unpaired) electrons. The molecule has 0 aliphatic carbocycles. The van der Waals surface area contributed by atoms with Crippen molar-refractivity contribution in [2.24, 2.45) is 0 Å². The molecule has 0 aliphatic rings. The monoisotopic (exact) mass is 570 g/mol. The summed E-state index contributed by atoms with van der Waals surface area (Å²) in [6.07, 6.45) is 1.45. The quantitative estimate of drug-likeness (QED) is 0.0946. The van der Waals surface area contributed by atoms with Gasteiger partial charge in [0.25, 0.3) is 17.5 Å². The van der Waals surface area contributed by atoms with Crippen LogP contribution in [0.25, 0.3) is 6.08 Å². The Morgan fingerprint density at radius 2 is 1.41 bits per heavy atom. The predicted molar refractivity (Wildman–Crippen MR) is 156 cm³/mol. The van der Waals surface area contributed by atoms with Crippen LogP contribution >= 0.6 is 11.8 Å². The Hall–Kier alpha value is -5.29. The largest absolute Gasteiger partial charge is 0.325 e. The average Bonchev–Trinajstić information content (AvgIpc) is 2.98. The van der Waals surface area contributed by atoms with Crippen molar-refractivity contribution in [1.82, 2.24) is 5.32 Å². The Morgan fingerprint density at radius 1 is 0.805 bits per heavy atom. The molecule has 4 aromatic rings. The fourth-order valence-corrected chi connectivity index (χ4v) is 4.21. The SMILES string of the molecule is O=C(CSc1ccc(NC(=O)/C(=C/c2ccc(F)cc2)NC(=O)c2ccccc2)cc1)Nc1ccc([N+](=O)[O-])cc1. The lowest BCUT2D eigenvalue weighted by atomic mass is 10.1. The van der Waals surface area contributed by atoms with Crippen molar-refractivity contribution in [3.63, 3.8) is 0 Å². The molecule has 0 fully saturated rings. The van der Waals surface area contributed by atoms with Crippen LogP contribution in [0.1, 0.15) is 15.9 Å². The van der Waals surface area contributed by atoms with E-state index < -0.39 is 22.6 Å². The van der Waals surface area contributed by atoms with Crippen molar-refractivity contribution in [3.8, 4) is 0 Å². The Morgan fingerprint density at radius 3 is 2.05 bits per heavy atom. The van der Waals surface area contributed by atoms with Gasteiger partial charge in [-0.15, -0.1) is 11.8 Å². The van der Waals surface area contributed by atoms with Gasteiger partial charge in [-0.3, -0.25) is 24.5 Å². The number of hydrogen-bond donors (Lipinski definition) is 3. The molecule has 11 heteroatoms. The second-order valence-electron chi connectivity index (χ2n) is 8.55. The van der Waals surface area contributed by atoms with Gasteiger partial charge in [0.2, 0.25) is 5.91 Å². The molecule has 4 aromatic carbocycles.